The number of hydrogen-bond donors (Lipinski definition) is 1. The van der Waals surface area contributed by atoms with Gasteiger partial charge >= 0.3 is 0 Å². The molecule has 4 nitrogen and oxygen atoms in total. The van der Waals surface area contributed by atoms with Crippen molar-refractivity contribution in [2.24, 2.45) is 5.73 Å². The molecule has 0 fully saturated rings. The maximum atomic E-state index is 10.8. The highest BCUT2D eigenvalue weighted by atomic mass is 79.9. The summed E-state index contributed by atoms with van der Waals surface area (Å²) in [5.41, 5.74) is 6.55. The fraction of sp³-hybridized carbons (Fsp3) is 0.455. The maximum Gasteiger partial charge on any atom is 0.283 e. The van der Waals surface area contributed by atoms with Gasteiger partial charge in [0.05, 0.1) is 9.40 Å². The van der Waals surface area contributed by atoms with E-state index in [1.54, 1.807) is 17.8 Å². The minimum Gasteiger partial charge on any atom is -0.330 e. The predicted octanol–water partition coefficient (Wildman–Crippen LogP) is 3.33. The van der Waals surface area contributed by atoms with Crippen LogP contribution >= 0.6 is 27.7 Å². The molecule has 0 aliphatic carbocycles. The second-order valence-corrected chi connectivity index (χ2v) is 5.93. The van der Waals surface area contributed by atoms with Gasteiger partial charge in [0.1, 0.15) is 0 Å². The Hall–Kier alpha value is -0.590. The van der Waals surface area contributed by atoms with Crippen LogP contribution in [0.1, 0.15) is 18.9 Å². The van der Waals surface area contributed by atoms with Crippen molar-refractivity contribution in [3.63, 3.8) is 0 Å². The molecule has 6 heteroatoms. The van der Waals surface area contributed by atoms with Crippen LogP contribution in [0, 0.1) is 10.1 Å². The molecular formula is C11H15BrN2O2S. The zero-order chi connectivity index (χ0) is 12.8. The van der Waals surface area contributed by atoms with Crippen LogP contribution in [0.15, 0.2) is 22.7 Å². The van der Waals surface area contributed by atoms with E-state index in [2.05, 4.69) is 22.9 Å². The van der Waals surface area contributed by atoms with Gasteiger partial charge in [-0.25, -0.2) is 0 Å². The average molecular weight is 319 g/mol. The highest BCUT2D eigenvalue weighted by molar-refractivity contribution is 9.10. The lowest BCUT2D eigenvalue weighted by Gasteiger charge is -2.10. The van der Waals surface area contributed by atoms with E-state index in [1.807, 2.05) is 6.07 Å². The van der Waals surface area contributed by atoms with Crippen LogP contribution in [-0.2, 0) is 5.75 Å². The molecule has 1 unspecified atom stereocenters. The van der Waals surface area contributed by atoms with E-state index in [0.717, 1.165) is 17.7 Å². The number of rotatable bonds is 6. The van der Waals surface area contributed by atoms with Crippen LogP contribution in [0.2, 0.25) is 0 Å². The second-order valence-electron chi connectivity index (χ2n) is 3.71. The van der Waals surface area contributed by atoms with E-state index in [4.69, 9.17) is 5.73 Å². The van der Waals surface area contributed by atoms with E-state index in [9.17, 15) is 10.1 Å². The van der Waals surface area contributed by atoms with Gasteiger partial charge in [0.15, 0.2) is 0 Å². The van der Waals surface area contributed by atoms with Crippen molar-refractivity contribution in [2.45, 2.75) is 24.3 Å². The van der Waals surface area contributed by atoms with E-state index >= 15 is 0 Å². The minimum atomic E-state index is -0.373. The number of halogens is 1. The molecule has 0 amide bonds. The van der Waals surface area contributed by atoms with Gasteiger partial charge in [-0.3, -0.25) is 10.1 Å². The summed E-state index contributed by atoms with van der Waals surface area (Å²) in [6.45, 7) is 2.78. The fourth-order valence-electron chi connectivity index (χ4n) is 1.37. The van der Waals surface area contributed by atoms with Crippen LogP contribution in [0.3, 0.4) is 0 Å². The van der Waals surface area contributed by atoms with Gasteiger partial charge in [0, 0.05) is 17.1 Å². The summed E-state index contributed by atoms with van der Waals surface area (Å²) in [6.07, 6.45) is 0.956. The Morgan fingerprint density at radius 1 is 1.59 bits per heavy atom. The molecule has 1 aromatic rings. The van der Waals surface area contributed by atoms with Crippen LogP contribution in [0.25, 0.3) is 0 Å². The molecule has 0 aromatic heterocycles. The molecule has 17 heavy (non-hydrogen) atoms. The normalized spacial score (nSPS) is 12.4. The Kier molecular flexibility index (Phi) is 5.94. The first-order valence-electron chi connectivity index (χ1n) is 5.29. The molecule has 1 atom stereocenters. The molecule has 1 aromatic carbocycles. The number of nitro benzene ring substituents is 1. The molecule has 1 rings (SSSR count). The third-order valence-electron chi connectivity index (χ3n) is 2.35. The van der Waals surface area contributed by atoms with Crippen molar-refractivity contribution >= 4 is 33.4 Å². The summed E-state index contributed by atoms with van der Waals surface area (Å²) in [5, 5.41) is 11.2. The molecule has 0 saturated carbocycles. The number of benzene rings is 1. The van der Waals surface area contributed by atoms with Crippen molar-refractivity contribution in [3.8, 4) is 0 Å². The van der Waals surface area contributed by atoms with Crippen LogP contribution in [0.5, 0.6) is 0 Å². The van der Waals surface area contributed by atoms with Crippen LogP contribution < -0.4 is 5.73 Å². The summed E-state index contributed by atoms with van der Waals surface area (Å²) in [6, 6.07) is 5.12. The molecule has 94 valence electrons. The quantitative estimate of drug-likeness (QED) is 0.645. The Morgan fingerprint density at radius 3 is 2.88 bits per heavy atom. The zero-order valence-corrected chi connectivity index (χ0v) is 12.0. The Balaban J connectivity index is 2.72. The average Bonchev–Trinajstić information content (AvgIpc) is 2.27. The van der Waals surface area contributed by atoms with Crippen molar-refractivity contribution in [3.05, 3.63) is 38.3 Å². The van der Waals surface area contributed by atoms with Crippen molar-refractivity contribution in [2.75, 3.05) is 6.54 Å². The number of nitrogens with zero attached hydrogens (tertiary/aromatic N) is 1. The summed E-state index contributed by atoms with van der Waals surface area (Å²) in [5.74, 6) is 0.753. The molecule has 0 aliphatic heterocycles. The molecule has 0 bridgehead atoms. The molecule has 0 heterocycles. The molecular weight excluding hydrogens is 304 g/mol. The van der Waals surface area contributed by atoms with E-state index in [1.165, 1.54) is 6.07 Å². The summed E-state index contributed by atoms with van der Waals surface area (Å²) >= 11 is 5.05. The smallest absolute Gasteiger partial charge is 0.283 e. The highest BCUT2D eigenvalue weighted by Crippen LogP contribution is 2.31. The summed E-state index contributed by atoms with van der Waals surface area (Å²) in [4.78, 5) is 10.4. The Bertz CT molecular complexity index is 401. The highest BCUT2D eigenvalue weighted by Gasteiger charge is 2.15. The van der Waals surface area contributed by atoms with Crippen molar-refractivity contribution in [1.82, 2.24) is 0 Å². The lowest BCUT2D eigenvalue weighted by molar-refractivity contribution is -0.385. The lowest BCUT2D eigenvalue weighted by atomic mass is 10.2. The first-order valence-corrected chi connectivity index (χ1v) is 7.14. The molecule has 0 saturated heterocycles. The number of hydrogen-bond acceptors (Lipinski definition) is 4. The zero-order valence-electron chi connectivity index (χ0n) is 9.56. The predicted molar refractivity (Wildman–Crippen MR) is 75.2 cm³/mol. The topological polar surface area (TPSA) is 69.2 Å². The number of thioether (sulfide) groups is 1. The molecule has 0 spiro atoms. The monoisotopic (exact) mass is 318 g/mol. The largest absolute Gasteiger partial charge is 0.330 e. The third kappa shape index (κ3) is 4.29. The molecule has 0 aliphatic rings. The SMILES string of the molecule is CC(CCN)SCc1cccc([N+](=O)[O-])c1Br. The summed E-state index contributed by atoms with van der Waals surface area (Å²) < 4.78 is 0.581. The number of nitro groups is 1. The Labute approximate surface area is 113 Å². The van der Waals surface area contributed by atoms with E-state index in [0.29, 0.717) is 16.3 Å². The molecule has 2 N–H and O–H groups in total. The molecule has 0 radical (unpaired) electrons. The van der Waals surface area contributed by atoms with E-state index < -0.39 is 0 Å². The van der Waals surface area contributed by atoms with Crippen molar-refractivity contribution in [1.29, 1.82) is 0 Å². The van der Waals surface area contributed by atoms with Crippen LogP contribution in [-0.4, -0.2) is 16.7 Å². The van der Waals surface area contributed by atoms with E-state index in [-0.39, 0.29) is 10.6 Å². The standard InChI is InChI=1S/C11H15BrN2O2S/c1-8(5-6-13)17-7-9-3-2-4-10(11(9)12)14(15)16/h2-4,8H,5-7,13H2,1H3. The first kappa shape index (κ1) is 14.5. The van der Waals surface area contributed by atoms with Gasteiger partial charge in [0.25, 0.3) is 5.69 Å². The van der Waals surface area contributed by atoms with Gasteiger partial charge in [0.2, 0.25) is 0 Å². The Morgan fingerprint density at radius 2 is 2.29 bits per heavy atom. The fourth-order valence-corrected chi connectivity index (χ4v) is 3.11. The van der Waals surface area contributed by atoms with Gasteiger partial charge in [-0.1, -0.05) is 19.1 Å². The number of nitrogens with two attached hydrogens (primary N) is 1. The van der Waals surface area contributed by atoms with Gasteiger partial charge < -0.3 is 5.73 Å². The minimum absolute atomic E-state index is 0.120. The van der Waals surface area contributed by atoms with Crippen molar-refractivity contribution < 1.29 is 4.92 Å². The third-order valence-corrected chi connectivity index (χ3v) is 4.55. The lowest BCUT2D eigenvalue weighted by Crippen LogP contribution is -2.07. The second kappa shape index (κ2) is 6.98. The van der Waals surface area contributed by atoms with Gasteiger partial charge in [-0.05, 0) is 34.5 Å². The van der Waals surface area contributed by atoms with Crippen LogP contribution in [0.4, 0.5) is 5.69 Å². The first-order chi connectivity index (χ1) is 8.06. The summed E-state index contributed by atoms with van der Waals surface area (Å²) in [7, 11) is 0. The maximum absolute atomic E-state index is 10.8. The van der Waals surface area contributed by atoms with Gasteiger partial charge in [-0.15, -0.1) is 0 Å². The van der Waals surface area contributed by atoms with Gasteiger partial charge in [-0.2, -0.15) is 11.8 Å².